The van der Waals surface area contributed by atoms with E-state index in [1.165, 1.54) is 0 Å². The molecule has 0 aromatic heterocycles. The average molecular weight is 243 g/mol. The van der Waals surface area contributed by atoms with Crippen molar-refractivity contribution in [3.63, 3.8) is 0 Å². The van der Waals surface area contributed by atoms with Gasteiger partial charge in [-0.05, 0) is 32.9 Å². The molecular weight excluding hydrogens is 218 g/mol. The zero-order chi connectivity index (χ0) is 12.8. The number of piperidine rings is 1. The Morgan fingerprint density at radius 3 is 2.94 bits per heavy atom. The van der Waals surface area contributed by atoms with Crippen LogP contribution in [-0.4, -0.2) is 68.7 Å². The average Bonchev–Trinajstić information content (AvgIpc) is 2.34. The molecule has 1 aliphatic heterocycles. The van der Waals surface area contributed by atoms with Crippen LogP contribution in [0.4, 0.5) is 0 Å². The van der Waals surface area contributed by atoms with Crippen LogP contribution in [0, 0.1) is 0 Å². The normalized spacial score (nSPS) is 23.4. The predicted molar refractivity (Wildman–Crippen MR) is 67.8 cm³/mol. The van der Waals surface area contributed by atoms with E-state index in [1.54, 1.807) is 7.11 Å². The van der Waals surface area contributed by atoms with E-state index < -0.39 is 6.04 Å². The molecule has 1 fully saturated rings. The lowest BCUT2D eigenvalue weighted by Crippen LogP contribution is -2.52. The maximum Gasteiger partial charge on any atom is 0.239 e. The van der Waals surface area contributed by atoms with E-state index in [2.05, 4.69) is 11.9 Å². The number of likely N-dealkylation sites (tertiary alicyclic amines) is 1. The Labute approximate surface area is 104 Å². The molecule has 0 bridgehead atoms. The minimum atomic E-state index is -0.438. The molecule has 1 saturated heterocycles. The van der Waals surface area contributed by atoms with Crippen molar-refractivity contribution in [1.82, 2.24) is 9.80 Å². The van der Waals surface area contributed by atoms with Gasteiger partial charge in [0.15, 0.2) is 0 Å². The minimum Gasteiger partial charge on any atom is -0.385 e. The maximum absolute atomic E-state index is 12.1. The molecule has 5 heteroatoms. The summed E-state index contributed by atoms with van der Waals surface area (Å²) >= 11 is 0. The molecule has 0 saturated carbocycles. The van der Waals surface area contributed by atoms with E-state index in [0.29, 0.717) is 19.1 Å². The number of amides is 1. The monoisotopic (exact) mass is 243 g/mol. The SMILES string of the molecule is COCCC(N)C(=O)N(C)C1CCCN(C)C1. The molecule has 0 aromatic rings. The molecule has 2 N–H and O–H groups in total. The molecule has 2 atom stereocenters. The van der Waals surface area contributed by atoms with E-state index in [9.17, 15) is 4.79 Å². The highest BCUT2D eigenvalue weighted by Gasteiger charge is 2.27. The third-order valence-corrected chi connectivity index (χ3v) is 3.45. The van der Waals surface area contributed by atoms with Crippen molar-refractivity contribution in [2.75, 3.05) is 40.9 Å². The van der Waals surface area contributed by atoms with Crippen molar-refractivity contribution in [3.05, 3.63) is 0 Å². The number of hydrogen-bond acceptors (Lipinski definition) is 4. The van der Waals surface area contributed by atoms with E-state index in [1.807, 2.05) is 11.9 Å². The summed E-state index contributed by atoms with van der Waals surface area (Å²) in [5.41, 5.74) is 5.86. The number of carbonyl (C=O) groups excluding carboxylic acids is 1. The molecule has 2 unspecified atom stereocenters. The van der Waals surface area contributed by atoms with Crippen molar-refractivity contribution in [2.45, 2.75) is 31.3 Å². The third kappa shape index (κ3) is 4.26. The smallest absolute Gasteiger partial charge is 0.239 e. The van der Waals surface area contributed by atoms with Gasteiger partial charge in [0, 0.05) is 33.4 Å². The van der Waals surface area contributed by atoms with Crippen LogP contribution >= 0.6 is 0 Å². The molecule has 0 aliphatic carbocycles. The molecule has 0 spiro atoms. The summed E-state index contributed by atoms with van der Waals surface area (Å²) in [5, 5.41) is 0. The van der Waals surface area contributed by atoms with Crippen LogP contribution in [0.5, 0.6) is 0 Å². The Bertz CT molecular complexity index is 248. The number of likely N-dealkylation sites (N-methyl/N-ethyl adjacent to an activating group) is 2. The molecule has 5 nitrogen and oxygen atoms in total. The first kappa shape index (κ1) is 14.4. The Morgan fingerprint density at radius 2 is 2.35 bits per heavy atom. The number of hydrogen-bond donors (Lipinski definition) is 1. The minimum absolute atomic E-state index is 0.0300. The van der Waals surface area contributed by atoms with Gasteiger partial charge < -0.3 is 20.3 Å². The molecule has 17 heavy (non-hydrogen) atoms. The summed E-state index contributed by atoms with van der Waals surface area (Å²) in [4.78, 5) is 16.2. The fraction of sp³-hybridized carbons (Fsp3) is 0.917. The first-order chi connectivity index (χ1) is 8.06. The van der Waals surface area contributed by atoms with Gasteiger partial charge in [0.05, 0.1) is 6.04 Å². The van der Waals surface area contributed by atoms with Gasteiger partial charge in [-0.15, -0.1) is 0 Å². The molecule has 100 valence electrons. The number of nitrogens with zero attached hydrogens (tertiary/aromatic N) is 2. The van der Waals surface area contributed by atoms with Crippen LogP contribution in [0.1, 0.15) is 19.3 Å². The first-order valence-corrected chi connectivity index (χ1v) is 6.26. The largest absolute Gasteiger partial charge is 0.385 e. The Kier molecular flexibility index (Phi) is 5.88. The van der Waals surface area contributed by atoms with Crippen molar-refractivity contribution in [2.24, 2.45) is 5.73 Å². The standard InChI is InChI=1S/C12H25N3O2/c1-14-7-4-5-10(9-14)15(2)12(16)11(13)6-8-17-3/h10-11H,4-9,13H2,1-3H3. The Hall–Kier alpha value is -0.650. The highest BCUT2D eigenvalue weighted by molar-refractivity contribution is 5.81. The number of nitrogens with two attached hydrogens (primary N) is 1. The molecule has 1 rings (SSSR count). The quantitative estimate of drug-likeness (QED) is 0.733. The predicted octanol–water partition coefficient (Wildman–Crippen LogP) is -0.0972. The second-order valence-corrected chi connectivity index (χ2v) is 4.90. The van der Waals surface area contributed by atoms with Crippen molar-refractivity contribution >= 4 is 5.91 Å². The Morgan fingerprint density at radius 1 is 1.65 bits per heavy atom. The summed E-state index contributed by atoms with van der Waals surface area (Å²) in [6.07, 6.45) is 2.80. The fourth-order valence-corrected chi connectivity index (χ4v) is 2.27. The third-order valence-electron chi connectivity index (χ3n) is 3.45. The zero-order valence-corrected chi connectivity index (χ0v) is 11.2. The summed E-state index contributed by atoms with van der Waals surface area (Å²) in [5.74, 6) is 0.0300. The van der Waals surface area contributed by atoms with E-state index in [0.717, 1.165) is 25.9 Å². The van der Waals surface area contributed by atoms with Gasteiger partial charge in [-0.25, -0.2) is 0 Å². The van der Waals surface area contributed by atoms with Crippen LogP contribution in [0.3, 0.4) is 0 Å². The molecule has 0 radical (unpaired) electrons. The lowest BCUT2D eigenvalue weighted by Gasteiger charge is -2.36. The van der Waals surface area contributed by atoms with E-state index in [-0.39, 0.29) is 5.91 Å². The highest BCUT2D eigenvalue weighted by atomic mass is 16.5. The second-order valence-electron chi connectivity index (χ2n) is 4.90. The van der Waals surface area contributed by atoms with Crippen LogP contribution < -0.4 is 5.73 Å². The van der Waals surface area contributed by atoms with Gasteiger partial charge >= 0.3 is 0 Å². The van der Waals surface area contributed by atoms with Crippen LogP contribution in [0.15, 0.2) is 0 Å². The lowest BCUT2D eigenvalue weighted by atomic mass is 10.0. The van der Waals surface area contributed by atoms with Crippen LogP contribution in [0.25, 0.3) is 0 Å². The molecule has 1 aliphatic rings. The topological polar surface area (TPSA) is 58.8 Å². The van der Waals surface area contributed by atoms with E-state index in [4.69, 9.17) is 10.5 Å². The number of carbonyl (C=O) groups is 1. The summed E-state index contributed by atoms with van der Waals surface area (Å²) in [7, 11) is 5.57. The number of ether oxygens (including phenoxy) is 1. The molecule has 1 heterocycles. The molecule has 1 amide bonds. The molecular formula is C12H25N3O2. The highest BCUT2D eigenvalue weighted by Crippen LogP contribution is 2.14. The van der Waals surface area contributed by atoms with Gasteiger partial charge in [-0.1, -0.05) is 0 Å². The lowest BCUT2D eigenvalue weighted by molar-refractivity contribution is -0.134. The van der Waals surface area contributed by atoms with Gasteiger partial charge in [0.2, 0.25) is 5.91 Å². The zero-order valence-electron chi connectivity index (χ0n) is 11.2. The molecule has 0 aromatic carbocycles. The summed E-state index contributed by atoms with van der Waals surface area (Å²) in [6, 6.07) is -0.137. The van der Waals surface area contributed by atoms with Crippen molar-refractivity contribution in [3.8, 4) is 0 Å². The van der Waals surface area contributed by atoms with Crippen LogP contribution in [0.2, 0.25) is 0 Å². The van der Waals surface area contributed by atoms with Crippen molar-refractivity contribution in [1.29, 1.82) is 0 Å². The second kappa shape index (κ2) is 6.93. The van der Waals surface area contributed by atoms with Gasteiger partial charge in [0.25, 0.3) is 0 Å². The van der Waals surface area contributed by atoms with Gasteiger partial charge in [-0.3, -0.25) is 4.79 Å². The van der Waals surface area contributed by atoms with Crippen molar-refractivity contribution < 1.29 is 9.53 Å². The van der Waals surface area contributed by atoms with Gasteiger partial charge in [-0.2, -0.15) is 0 Å². The van der Waals surface area contributed by atoms with E-state index >= 15 is 0 Å². The van der Waals surface area contributed by atoms with Crippen LogP contribution in [-0.2, 0) is 9.53 Å². The number of methoxy groups -OCH3 is 1. The summed E-state index contributed by atoms with van der Waals surface area (Å²) in [6.45, 7) is 2.60. The first-order valence-electron chi connectivity index (χ1n) is 6.26. The fourth-order valence-electron chi connectivity index (χ4n) is 2.27. The van der Waals surface area contributed by atoms with Gasteiger partial charge in [0.1, 0.15) is 0 Å². The maximum atomic E-state index is 12.1. The number of rotatable bonds is 5. The summed E-state index contributed by atoms with van der Waals surface area (Å²) < 4.78 is 4.95. The Balaban J connectivity index is 2.44.